The third-order valence-electron chi connectivity index (χ3n) is 2.98. The summed E-state index contributed by atoms with van der Waals surface area (Å²) in [6.45, 7) is 3.12. The summed E-state index contributed by atoms with van der Waals surface area (Å²) in [5, 5.41) is 15.8. The number of aliphatic carboxylic acids is 1. The van der Waals surface area contributed by atoms with Crippen molar-refractivity contribution in [2.75, 3.05) is 13.1 Å². The predicted octanol–water partition coefficient (Wildman–Crippen LogP) is -1.28. The van der Waals surface area contributed by atoms with E-state index in [4.69, 9.17) is 10.8 Å². The molecule has 0 aromatic heterocycles. The lowest BCUT2D eigenvalue weighted by atomic mass is 10.1. The van der Waals surface area contributed by atoms with E-state index in [0.717, 1.165) is 12.8 Å². The van der Waals surface area contributed by atoms with E-state index in [9.17, 15) is 19.2 Å². The first-order valence-corrected chi connectivity index (χ1v) is 7.56. The molecule has 9 heteroatoms. The molecule has 23 heavy (non-hydrogen) atoms. The molecule has 0 aliphatic heterocycles. The van der Waals surface area contributed by atoms with Crippen molar-refractivity contribution in [3.63, 3.8) is 0 Å². The van der Waals surface area contributed by atoms with Gasteiger partial charge in [-0.3, -0.25) is 19.2 Å². The Morgan fingerprint density at radius 1 is 1.00 bits per heavy atom. The lowest BCUT2D eigenvalue weighted by Gasteiger charge is -2.13. The number of hydrogen-bond acceptors (Lipinski definition) is 5. The van der Waals surface area contributed by atoms with Gasteiger partial charge in [-0.2, -0.15) is 0 Å². The van der Waals surface area contributed by atoms with Gasteiger partial charge in [0.15, 0.2) is 0 Å². The molecule has 0 radical (unpaired) electrons. The molecule has 0 saturated heterocycles. The number of amides is 3. The Morgan fingerprint density at radius 2 is 1.65 bits per heavy atom. The third kappa shape index (κ3) is 11.1. The summed E-state index contributed by atoms with van der Waals surface area (Å²) in [5.74, 6) is -2.17. The highest BCUT2D eigenvalue weighted by atomic mass is 16.4. The molecule has 0 aromatic rings. The fourth-order valence-corrected chi connectivity index (χ4v) is 1.65. The second-order valence-electron chi connectivity index (χ2n) is 5.29. The van der Waals surface area contributed by atoms with Gasteiger partial charge < -0.3 is 26.8 Å². The summed E-state index contributed by atoms with van der Waals surface area (Å²) >= 11 is 0. The number of rotatable bonds is 11. The lowest BCUT2D eigenvalue weighted by molar-refractivity contribution is -0.138. The van der Waals surface area contributed by atoms with Gasteiger partial charge in [0.25, 0.3) is 0 Å². The van der Waals surface area contributed by atoms with Gasteiger partial charge in [0.2, 0.25) is 17.7 Å². The van der Waals surface area contributed by atoms with Crippen LogP contribution >= 0.6 is 0 Å². The Labute approximate surface area is 135 Å². The number of carboxylic acids is 1. The van der Waals surface area contributed by atoms with Crippen molar-refractivity contribution in [2.45, 2.75) is 51.6 Å². The number of nitrogens with two attached hydrogens (primary N) is 1. The van der Waals surface area contributed by atoms with Crippen LogP contribution in [0.2, 0.25) is 0 Å². The summed E-state index contributed by atoms with van der Waals surface area (Å²) in [5.41, 5.74) is 5.40. The minimum absolute atomic E-state index is 0.205. The van der Waals surface area contributed by atoms with E-state index in [2.05, 4.69) is 16.0 Å². The highest BCUT2D eigenvalue weighted by Crippen LogP contribution is 1.99. The van der Waals surface area contributed by atoms with Gasteiger partial charge in [0.1, 0.15) is 12.6 Å². The zero-order valence-electron chi connectivity index (χ0n) is 13.6. The Hall–Kier alpha value is -2.16. The maximum Gasteiger partial charge on any atom is 0.322 e. The highest BCUT2D eigenvalue weighted by Gasteiger charge is 2.15. The molecule has 0 heterocycles. The Morgan fingerprint density at radius 3 is 2.22 bits per heavy atom. The standard InChI is InChI=1S/C14H26N4O5/c1-9(15)13(22)16-7-5-3-4-6-11(19)18-10(2)14(23)17-8-12(20)21/h9-10H,3-8,15H2,1-2H3,(H,16,22)(H,17,23)(H,18,19)(H,20,21)/t9-,10-/m0/s1. The van der Waals surface area contributed by atoms with E-state index in [0.29, 0.717) is 13.0 Å². The molecule has 6 N–H and O–H groups in total. The summed E-state index contributed by atoms with van der Waals surface area (Å²) in [4.78, 5) is 44.6. The van der Waals surface area contributed by atoms with Gasteiger partial charge in [-0.15, -0.1) is 0 Å². The molecule has 132 valence electrons. The molecule has 9 nitrogen and oxygen atoms in total. The van der Waals surface area contributed by atoms with Crippen LogP contribution in [0.1, 0.15) is 39.5 Å². The van der Waals surface area contributed by atoms with Crippen LogP contribution < -0.4 is 21.7 Å². The van der Waals surface area contributed by atoms with Gasteiger partial charge in [-0.1, -0.05) is 6.42 Å². The fraction of sp³-hybridized carbons (Fsp3) is 0.714. The van der Waals surface area contributed by atoms with Crippen molar-refractivity contribution in [3.05, 3.63) is 0 Å². The minimum atomic E-state index is -1.15. The lowest BCUT2D eigenvalue weighted by Crippen LogP contribution is -2.46. The zero-order chi connectivity index (χ0) is 17.8. The molecule has 0 aliphatic carbocycles. The second kappa shape index (κ2) is 11.4. The molecular formula is C14H26N4O5. The molecule has 0 aromatic carbocycles. The van der Waals surface area contributed by atoms with E-state index in [1.54, 1.807) is 6.92 Å². The molecule has 2 atom stereocenters. The first-order chi connectivity index (χ1) is 10.7. The van der Waals surface area contributed by atoms with Crippen LogP contribution in [0, 0.1) is 0 Å². The Bertz CT molecular complexity index is 425. The topological polar surface area (TPSA) is 151 Å². The van der Waals surface area contributed by atoms with Gasteiger partial charge in [-0.25, -0.2) is 0 Å². The number of nitrogens with one attached hydrogen (secondary N) is 3. The van der Waals surface area contributed by atoms with Gasteiger partial charge in [0.05, 0.1) is 6.04 Å². The van der Waals surface area contributed by atoms with E-state index in [1.807, 2.05) is 0 Å². The van der Waals surface area contributed by atoms with Crippen molar-refractivity contribution in [3.8, 4) is 0 Å². The van der Waals surface area contributed by atoms with E-state index in [1.165, 1.54) is 6.92 Å². The van der Waals surface area contributed by atoms with E-state index >= 15 is 0 Å². The maximum absolute atomic E-state index is 11.6. The zero-order valence-corrected chi connectivity index (χ0v) is 13.6. The SMILES string of the molecule is C[C@H](N)C(=O)NCCCCCC(=O)N[C@@H](C)C(=O)NCC(=O)O. The van der Waals surface area contributed by atoms with Gasteiger partial charge in [-0.05, 0) is 26.7 Å². The second-order valence-corrected chi connectivity index (χ2v) is 5.29. The van der Waals surface area contributed by atoms with Crippen LogP contribution in [0.15, 0.2) is 0 Å². The van der Waals surface area contributed by atoms with E-state index in [-0.39, 0.29) is 18.2 Å². The van der Waals surface area contributed by atoms with Crippen molar-refractivity contribution in [2.24, 2.45) is 5.73 Å². The predicted molar refractivity (Wildman–Crippen MR) is 83.4 cm³/mol. The highest BCUT2D eigenvalue weighted by molar-refractivity contribution is 5.89. The van der Waals surface area contributed by atoms with Crippen LogP contribution in [0.3, 0.4) is 0 Å². The molecule has 0 spiro atoms. The summed E-state index contributed by atoms with van der Waals surface area (Å²) in [6, 6.07) is -1.32. The van der Waals surface area contributed by atoms with Crippen LogP contribution in [0.25, 0.3) is 0 Å². The first kappa shape index (κ1) is 20.8. The van der Waals surface area contributed by atoms with Crippen molar-refractivity contribution in [1.82, 2.24) is 16.0 Å². The van der Waals surface area contributed by atoms with Crippen molar-refractivity contribution >= 4 is 23.7 Å². The summed E-state index contributed by atoms with van der Waals surface area (Å²) in [6.07, 6.45) is 2.38. The largest absolute Gasteiger partial charge is 0.480 e. The molecule has 0 saturated carbocycles. The molecule has 3 amide bonds. The third-order valence-corrected chi connectivity index (χ3v) is 2.98. The summed E-state index contributed by atoms with van der Waals surface area (Å²) in [7, 11) is 0. The minimum Gasteiger partial charge on any atom is -0.480 e. The monoisotopic (exact) mass is 330 g/mol. The average molecular weight is 330 g/mol. The van der Waals surface area contributed by atoms with Crippen LogP contribution in [-0.2, 0) is 19.2 Å². The van der Waals surface area contributed by atoms with Gasteiger partial charge >= 0.3 is 5.97 Å². The Balaban J connectivity index is 3.72. The first-order valence-electron chi connectivity index (χ1n) is 7.56. The number of hydrogen-bond donors (Lipinski definition) is 5. The van der Waals surface area contributed by atoms with Crippen LogP contribution in [0.4, 0.5) is 0 Å². The fourth-order valence-electron chi connectivity index (χ4n) is 1.65. The number of carboxylic acid groups (broad SMARTS) is 1. The van der Waals surface area contributed by atoms with Crippen LogP contribution in [-0.4, -0.2) is 54.0 Å². The van der Waals surface area contributed by atoms with Crippen molar-refractivity contribution in [1.29, 1.82) is 0 Å². The van der Waals surface area contributed by atoms with Gasteiger partial charge in [0, 0.05) is 13.0 Å². The summed E-state index contributed by atoms with van der Waals surface area (Å²) < 4.78 is 0. The molecular weight excluding hydrogens is 304 g/mol. The molecule has 0 aliphatic rings. The Kier molecular flexibility index (Phi) is 10.3. The number of unbranched alkanes of at least 4 members (excludes halogenated alkanes) is 2. The molecule has 0 bridgehead atoms. The number of carbonyl (C=O) groups excluding carboxylic acids is 3. The average Bonchev–Trinajstić information content (AvgIpc) is 2.47. The molecule has 0 fully saturated rings. The smallest absolute Gasteiger partial charge is 0.322 e. The normalized spacial score (nSPS) is 12.8. The molecule has 0 rings (SSSR count). The van der Waals surface area contributed by atoms with E-state index < -0.39 is 30.5 Å². The van der Waals surface area contributed by atoms with Crippen molar-refractivity contribution < 1.29 is 24.3 Å². The maximum atomic E-state index is 11.6. The van der Waals surface area contributed by atoms with Crippen LogP contribution in [0.5, 0.6) is 0 Å². The quantitative estimate of drug-likeness (QED) is 0.298. The molecule has 0 unspecified atom stereocenters. The number of carbonyl (C=O) groups is 4.